The third kappa shape index (κ3) is 2.53. The lowest BCUT2D eigenvalue weighted by molar-refractivity contribution is 0.416. The zero-order valence-electron chi connectivity index (χ0n) is 15.3. The number of anilines is 2. The molecule has 28 heavy (non-hydrogen) atoms. The Bertz CT molecular complexity index is 1250. The fourth-order valence-electron chi connectivity index (χ4n) is 3.83. The summed E-state index contributed by atoms with van der Waals surface area (Å²) < 4.78 is 5.47. The highest BCUT2D eigenvalue weighted by Gasteiger charge is 2.23. The molecule has 138 valence electrons. The number of ether oxygens (including phenoxy) is 1. The molecule has 2 aromatic carbocycles. The summed E-state index contributed by atoms with van der Waals surface area (Å²) in [5.41, 5.74) is 4.13. The quantitative estimate of drug-likeness (QED) is 0.596. The van der Waals surface area contributed by atoms with Crippen LogP contribution in [-0.2, 0) is 6.42 Å². The van der Waals surface area contributed by atoms with Crippen LogP contribution in [0.2, 0.25) is 0 Å². The monoisotopic (exact) mass is 370 g/mol. The number of nitrogens with one attached hydrogen (secondary N) is 1. The number of rotatable bonds is 3. The first kappa shape index (κ1) is 16.5. The number of nitrogens with zero attached hydrogens (tertiary/aromatic N) is 3. The van der Waals surface area contributed by atoms with Crippen molar-refractivity contribution in [2.24, 2.45) is 0 Å². The van der Waals surface area contributed by atoms with Gasteiger partial charge in [0.1, 0.15) is 5.75 Å². The molecule has 2 aromatic heterocycles. The highest BCUT2D eigenvalue weighted by Crippen LogP contribution is 2.34. The Balaban J connectivity index is 1.69. The molecular formula is C22H18N4O2. The topological polar surface area (TPSA) is 71.1 Å². The first-order chi connectivity index (χ1) is 13.8. The zero-order chi connectivity index (χ0) is 19.1. The molecule has 0 bridgehead atoms. The van der Waals surface area contributed by atoms with E-state index in [-0.39, 0.29) is 5.56 Å². The molecule has 0 radical (unpaired) electrons. The fourth-order valence-corrected chi connectivity index (χ4v) is 3.83. The third-order valence-corrected chi connectivity index (χ3v) is 5.14. The summed E-state index contributed by atoms with van der Waals surface area (Å²) in [6.45, 7) is 0.778. The Morgan fingerprint density at radius 3 is 2.75 bits per heavy atom. The predicted molar refractivity (Wildman–Crippen MR) is 109 cm³/mol. The molecule has 0 amide bonds. The number of aromatic nitrogens is 3. The van der Waals surface area contributed by atoms with Crippen LogP contribution >= 0.6 is 0 Å². The van der Waals surface area contributed by atoms with Gasteiger partial charge in [-0.25, -0.2) is 4.98 Å². The predicted octanol–water partition coefficient (Wildman–Crippen LogP) is 3.69. The Hall–Kier alpha value is -3.67. The first-order valence-corrected chi connectivity index (χ1v) is 9.14. The maximum absolute atomic E-state index is 13.1. The molecule has 0 fully saturated rings. The van der Waals surface area contributed by atoms with Gasteiger partial charge in [0.15, 0.2) is 5.65 Å². The molecule has 0 saturated heterocycles. The zero-order valence-corrected chi connectivity index (χ0v) is 15.3. The van der Waals surface area contributed by atoms with Crippen LogP contribution in [0.15, 0.2) is 65.6 Å². The van der Waals surface area contributed by atoms with E-state index in [4.69, 9.17) is 4.74 Å². The number of benzene rings is 2. The molecule has 0 saturated carbocycles. The molecule has 0 atom stereocenters. The summed E-state index contributed by atoms with van der Waals surface area (Å²) in [5, 5.41) is 0.461. The van der Waals surface area contributed by atoms with Gasteiger partial charge in [0.05, 0.1) is 12.5 Å². The maximum Gasteiger partial charge on any atom is 0.262 e. The van der Waals surface area contributed by atoms with Crippen LogP contribution in [0, 0.1) is 0 Å². The molecule has 1 aliphatic heterocycles. The van der Waals surface area contributed by atoms with Crippen molar-refractivity contribution in [2.75, 3.05) is 18.6 Å². The normalized spacial score (nSPS) is 13.0. The largest absolute Gasteiger partial charge is 0.496 e. The van der Waals surface area contributed by atoms with Crippen molar-refractivity contribution in [2.45, 2.75) is 6.42 Å². The lowest BCUT2D eigenvalue weighted by Crippen LogP contribution is -2.21. The first-order valence-electron chi connectivity index (χ1n) is 9.14. The highest BCUT2D eigenvalue weighted by molar-refractivity contribution is 5.94. The summed E-state index contributed by atoms with van der Waals surface area (Å²) in [6, 6.07) is 17.6. The van der Waals surface area contributed by atoms with Crippen molar-refractivity contribution in [3.05, 3.63) is 76.7 Å². The van der Waals surface area contributed by atoms with Crippen LogP contribution in [0.5, 0.6) is 5.75 Å². The van der Waals surface area contributed by atoms with Crippen molar-refractivity contribution < 1.29 is 4.74 Å². The number of hydrogen-bond acceptors (Lipinski definition) is 5. The van der Waals surface area contributed by atoms with Crippen LogP contribution in [-0.4, -0.2) is 28.6 Å². The van der Waals surface area contributed by atoms with Crippen molar-refractivity contribution in [1.82, 2.24) is 15.0 Å². The van der Waals surface area contributed by atoms with Gasteiger partial charge < -0.3 is 9.64 Å². The summed E-state index contributed by atoms with van der Waals surface area (Å²) >= 11 is 0. The van der Waals surface area contributed by atoms with Crippen LogP contribution in [0.4, 0.5) is 11.6 Å². The number of hydrogen-bond donors (Lipinski definition) is 1. The van der Waals surface area contributed by atoms with Gasteiger partial charge in [-0.1, -0.05) is 36.4 Å². The van der Waals surface area contributed by atoms with Gasteiger partial charge in [-0.15, -0.1) is 0 Å². The number of methoxy groups -OCH3 is 1. The summed E-state index contributed by atoms with van der Waals surface area (Å²) in [4.78, 5) is 27.1. The van der Waals surface area contributed by atoms with E-state index in [1.54, 1.807) is 13.3 Å². The Morgan fingerprint density at radius 1 is 1.04 bits per heavy atom. The van der Waals surface area contributed by atoms with E-state index in [1.165, 1.54) is 5.56 Å². The second-order valence-electron chi connectivity index (χ2n) is 6.68. The van der Waals surface area contributed by atoms with E-state index >= 15 is 0 Å². The van der Waals surface area contributed by atoms with Gasteiger partial charge in [0, 0.05) is 29.6 Å². The van der Waals surface area contributed by atoms with Crippen molar-refractivity contribution in [1.29, 1.82) is 0 Å². The number of aromatic amines is 1. The number of H-pyrrole nitrogens is 1. The molecule has 1 N–H and O–H groups in total. The Morgan fingerprint density at radius 2 is 1.86 bits per heavy atom. The van der Waals surface area contributed by atoms with Crippen LogP contribution in [0.1, 0.15) is 5.56 Å². The van der Waals surface area contributed by atoms with Crippen molar-refractivity contribution in [3.8, 4) is 16.9 Å². The lowest BCUT2D eigenvalue weighted by atomic mass is 10.0. The van der Waals surface area contributed by atoms with Crippen LogP contribution in [0.25, 0.3) is 22.2 Å². The summed E-state index contributed by atoms with van der Waals surface area (Å²) in [7, 11) is 1.62. The molecule has 6 nitrogen and oxygen atoms in total. The van der Waals surface area contributed by atoms with E-state index in [0.717, 1.165) is 29.8 Å². The molecule has 5 rings (SSSR count). The molecule has 6 heteroatoms. The average molecular weight is 370 g/mol. The SMILES string of the molecule is COc1ccccc1-c1ccnc2nc(N3CCc4ccccc43)[nH]c(=O)c12. The molecule has 0 aliphatic carbocycles. The minimum atomic E-state index is -0.210. The summed E-state index contributed by atoms with van der Waals surface area (Å²) in [6.07, 6.45) is 2.60. The van der Waals surface area contributed by atoms with Gasteiger partial charge in [-0.3, -0.25) is 9.78 Å². The summed E-state index contributed by atoms with van der Waals surface area (Å²) in [5.74, 6) is 1.22. The molecule has 0 spiro atoms. The number of fused-ring (bicyclic) bond motifs is 2. The molecular weight excluding hydrogens is 352 g/mol. The van der Waals surface area contributed by atoms with Gasteiger partial charge in [0.25, 0.3) is 5.56 Å². The van der Waals surface area contributed by atoms with Gasteiger partial charge >= 0.3 is 0 Å². The van der Waals surface area contributed by atoms with E-state index < -0.39 is 0 Å². The Labute approximate surface area is 161 Å². The Kier molecular flexibility index (Phi) is 3.83. The molecule has 4 aromatic rings. The molecule has 0 unspecified atom stereocenters. The fraction of sp³-hybridized carbons (Fsp3) is 0.136. The number of para-hydroxylation sites is 2. The highest BCUT2D eigenvalue weighted by atomic mass is 16.5. The number of pyridine rings is 1. The van der Waals surface area contributed by atoms with E-state index in [9.17, 15) is 4.79 Å². The minimum absolute atomic E-state index is 0.210. The second kappa shape index (κ2) is 6.49. The third-order valence-electron chi connectivity index (χ3n) is 5.14. The lowest BCUT2D eigenvalue weighted by Gasteiger charge is -2.18. The van der Waals surface area contributed by atoms with Gasteiger partial charge in [-0.05, 0) is 30.2 Å². The minimum Gasteiger partial charge on any atom is -0.496 e. The maximum atomic E-state index is 13.1. The van der Waals surface area contributed by atoms with Gasteiger partial charge in [0.2, 0.25) is 5.95 Å². The van der Waals surface area contributed by atoms with Crippen molar-refractivity contribution >= 4 is 22.7 Å². The smallest absolute Gasteiger partial charge is 0.262 e. The standard InChI is InChI=1S/C22H18N4O2/c1-28-18-9-5-3-7-15(18)16-10-12-23-20-19(16)21(27)25-22(24-20)26-13-11-14-6-2-4-8-17(14)26/h2-10,12H,11,13H2,1H3,(H,23,24,25,27). The van der Waals surface area contributed by atoms with E-state index in [0.29, 0.717) is 22.7 Å². The van der Waals surface area contributed by atoms with E-state index in [1.807, 2.05) is 53.4 Å². The van der Waals surface area contributed by atoms with E-state index in [2.05, 4.69) is 21.0 Å². The van der Waals surface area contributed by atoms with Crippen molar-refractivity contribution in [3.63, 3.8) is 0 Å². The molecule has 3 heterocycles. The van der Waals surface area contributed by atoms with Gasteiger partial charge in [-0.2, -0.15) is 4.98 Å². The molecule has 1 aliphatic rings. The van der Waals surface area contributed by atoms with Crippen LogP contribution in [0.3, 0.4) is 0 Å². The van der Waals surface area contributed by atoms with Crippen LogP contribution < -0.4 is 15.2 Å². The average Bonchev–Trinajstić information content (AvgIpc) is 3.17. The second-order valence-corrected chi connectivity index (χ2v) is 6.68.